The van der Waals surface area contributed by atoms with Crippen molar-refractivity contribution in [3.05, 3.63) is 11.7 Å². The van der Waals surface area contributed by atoms with Crippen molar-refractivity contribution in [3.8, 4) is 0 Å². The number of piperidine rings is 1. The van der Waals surface area contributed by atoms with Crippen LogP contribution in [0, 0.1) is 11.3 Å². The fourth-order valence-corrected chi connectivity index (χ4v) is 4.85. The van der Waals surface area contributed by atoms with E-state index in [0.29, 0.717) is 17.4 Å². The summed E-state index contributed by atoms with van der Waals surface area (Å²) in [6.07, 6.45) is 7.57. The zero-order chi connectivity index (χ0) is 16.7. The molecule has 1 unspecified atom stereocenters. The molecule has 4 rings (SSSR count). The van der Waals surface area contributed by atoms with E-state index in [-0.39, 0.29) is 0 Å². The van der Waals surface area contributed by atoms with Gasteiger partial charge in [0.1, 0.15) is 0 Å². The summed E-state index contributed by atoms with van der Waals surface area (Å²) in [6, 6.07) is 0.347. The molecule has 0 bridgehead atoms. The quantitative estimate of drug-likeness (QED) is 0.845. The van der Waals surface area contributed by atoms with Crippen LogP contribution in [0.3, 0.4) is 0 Å². The minimum Gasteiger partial charge on any atom is -0.339 e. The first kappa shape index (κ1) is 16.5. The molecule has 0 amide bonds. The smallest absolute Gasteiger partial charge is 0.229 e. The van der Waals surface area contributed by atoms with Gasteiger partial charge in [-0.3, -0.25) is 4.90 Å². The van der Waals surface area contributed by atoms with Gasteiger partial charge in [0.2, 0.25) is 5.89 Å². The van der Waals surface area contributed by atoms with E-state index in [1.54, 1.807) is 0 Å². The Hall–Kier alpha value is -0.940. The second kappa shape index (κ2) is 6.41. The number of hydrogen-bond acceptors (Lipinski definition) is 5. The van der Waals surface area contributed by atoms with Crippen molar-refractivity contribution in [1.82, 2.24) is 19.9 Å². The third kappa shape index (κ3) is 3.13. The van der Waals surface area contributed by atoms with E-state index in [9.17, 15) is 0 Å². The summed E-state index contributed by atoms with van der Waals surface area (Å²) in [7, 11) is 2.24. The molecule has 1 aliphatic carbocycles. The van der Waals surface area contributed by atoms with Crippen LogP contribution in [0.2, 0.25) is 0 Å². The van der Waals surface area contributed by atoms with Crippen LogP contribution in [0.25, 0.3) is 0 Å². The predicted octanol–water partition coefficient (Wildman–Crippen LogP) is 3.45. The highest BCUT2D eigenvalue weighted by Gasteiger charge is 2.46. The second-order valence-corrected chi connectivity index (χ2v) is 8.95. The third-order valence-electron chi connectivity index (χ3n) is 6.49. The van der Waals surface area contributed by atoms with Gasteiger partial charge in [-0.1, -0.05) is 25.4 Å². The zero-order valence-corrected chi connectivity index (χ0v) is 15.5. The first-order chi connectivity index (χ1) is 11.5. The van der Waals surface area contributed by atoms with Crippen LogP contribution >= 0.6 is 0 Å². The average Bonchev–Trinajstić information content (AvgIpc) is 3.05. The van der Waals surface area contributed by atoms with Gasteiger partial charge in [0.25, 0.3) is 0 Å². The Bertz CT molecular complexity index is 557. The van der Waals surface area contributed by atoms with E-state index >= 15 is 0 Å². The summed E-state index contributed by atoms with van der Waals surface area (Å²) >= 11 is 0. The van der Waals surface area contributed by atoms with Crippen molar-refractivity contribution in [2.45, 2.75) is 64.3 Å². The third-order valence-corrected chi connectivity index (χ3v) is 6.49. The molecule has 2 saturated heterocycles. The van der Waals surface area contributed by atoms with Gasteiger partial charge in [0.05, 0.1) is 6.04 Å². The maximum Gasteiger partial charge on any atom is 0.229 e. The highest BCUT2D eigenvalue weighted by molar-refractivity contribution is 5.07. The molecule has 0 radical (unpaired) electrons. The van der Waals surface area contributed by atoms with Crippen LogP contribution in [-0.4, -0.2) is 53.2 Å². The molecular weight excluding hydrogens is 300 g/mol. The number of likely N-dealkylation sites (tertiary alicyclic amines) is 2. The van der Waals surface area contributed by atoms with E-state index in [1.807, 2.05) is 0 Å². The van der Waals surface area contributed by atoms with Crippen LogP contribution in [0.15, 0.2) is 4.52 Å². The summed E-state index contributed by atoms with van der Waals surface area (Å²) in [5.74, 6) is 3.12. The van der Waals surface area contributed by atoms with Crippen LogP contribution in [-0.2, 0) is 0 Å². The molecule has 0 aromatic carbocycles. The molecule has 3 aliphatic rings. The molecule has 5 heteroatoms. The number of rotatable bonds is 4. The summed E-state index contributed by atoms with van der Waals surface area (Å²) in [6.45, 7) is 9.56. The van der Waals surface area contributed by atoms with Gasteiger partial charge in [-0.2, -0.15) is 4.98 Å². The zero-order valence-electron chi connectivity index (χ0n) is 15.5. The predicted molar refractivity (Wildman–Crippen MR) is 93.8 cm³/mol. The van der Waals surface area contributed by atoms with Gasteiger partial charge in [-0.05, 0) is 63.6 Å². The lowest BCUT2D eigenvalue weighted by atomic mass is 9.76. The van der Waals surface area contributed by atoms with E-state index in [0.717, 1.165) is 17.6 Å². The number of aromatic nitrogens is 2. The highest BCUT2D eigenvalue weighted by Crippen LogP contribution is 2.48. The summed E-state index contributed by atoms with van der Waals surface area (Å²) in [5.41, 5.74) is 0.462. The largest absolute Gasteiger partial charge is 0.339 e. The molecule has 24 heavy (non-hydrogen) atoms. The van der Waals surface area contributed by atoms with Gasteiger partial charge in [-0.15, -0.1) is 0 Å². The fraction of sp³-hybridized carbons (Fsp3) is 0.895. The highest BCUT2D eigenvalue weighted by atomic mass is 16.5. The van der Waals surface area contributed by atoms with Gasteiger partial charge >= 0.3 is 0 Å². The van der Waals surface area contributed by atoms with Crippen LogP contribution in [0.4, 0.5) is 0 Å². The molecule has 2 aliphatic heterocycles. The molecule has 0 N–H and O–H groups in total. The molecule has 3 heterocycles. The minimum absolute atomic E-state index is 0.347. The summed E-state index contributed by atoms with van der Waals surface area (Å²) in [5, 5.41) is 4.35. The summed E-state index contributed by atoms with van der Waals surface area (Å²) < 4.78 is 5.57. The topological polar surface area (TPSA) is 45.4 Å². The minimum atomic E-state index is 0.347. The Morgan fingerprint density at radius 1 is 1.25 bits per heavy atom. The average molecular weight is 332 g/mol. The molecular formula is C19H32N4O. The molecule has 1 saturated carbocycles. The normalized spacial score (nSPS) is 28.8. The van der Waals surface area contributed by atoms with Crippen LogP contribution < -0.4 is 0 Å². The van der Waals surface area contributed by atoms with Crippen molar-refractivity contribution in [3.63, 3.8) is 0 Å². The van der Waals surface area contributed by atoms with Crippen molar-refractivity contribution in [1.29, 1.82) is 0 Å². The first-order valence-electron chi connectivity index (χ1n) is 9.81. The Kier molecular flexibility index (Phi) is 4.42. The maximum atomic E-state index is 5.57. The summed E-state index contributed by atoms with van der Waals surface area (Å²) in [4.78, 5) is 9.88. The second-order valence-electron chi connectivity index (χ2n) is 8.95. The van der Waals surface area contributed by atoms with Crippen molar-refractivity contribution in [2.75, 3.05) is 33.2 Å². The molecule has 134 valence electrons. The van der Waals surface area contributed by atoms with Crippen molar-refractivity contribution >= 4 is 0 Å². The van der Waals surface area contributed by atoms with Crippen LogP contribution in [0.1, 0.15) is 76.0 Å². The Morgan fingerprint density at radius 3 is 2.62 bits per heavy atom. The first-order valence-corrected chi connectivity index (χ1v) is 9.81. The molecule has 5 nitrogen and oxygen atoms in total. The van der Waals surface area contributed by atoms with Gasteiger partial charge in [0.15, 0.2) is 5.82 Å². The Balaban J connectivity index is 1.40. The Labute approximate surface area is 145 Å². The van der Waals surface area contributed by atoms with Gasteiger partial charge in [-0.25, -0.2) is 0 Å². The molecule has 1 atom stereocenters. The molecule has 1 aromatic rings. The van der Waals surface area contributed by atoms with Gasteiger partial charge in [0, 0.05) is 19.0 Å². The fourth-order valence-electron chi connectivity index (χ4n) is 4.85. The number of nitrogens with zero attached hydrogens (tertiary/aromatic N) is 4. The van der Waals surface area contributed by atoms with Crippen molar-refractivity contribution in [2.24, 2.45) is 11.3 Å². The number of hydrogen-bond donors (Lipinski definition) is 0. The van der Waals surface area contributed by atoms with E-state index < -0.39 is 0 Å². The lowest BCUT2D eigenvalue weighted by Crippen LogP contribution is -2.42. The van der Waals surface area contributed by atoms with E-state index in [4.69, 9.17) is 9.51 Å². The molecule has 3 fully saturated rings. The van der Waals surface area contributed by atoms with Gasteiger partial charge < -0.3 is 9.42 Å². The lowest BCUT2D eigenvalue weighted by molar-refractivity contribution is 0.102. The SMILES string of the molecule is CC(C)CN1CCC2(CC1)CC(c1noc(C3CCC3)n1)N(C)C2. The Morgan fingerprint density at radius 2 is 2.00 bits per heavy atom. The monoisotopic (exact) mass is 332 g/mol. The van der Waals surface area contributed by atoms with Crippen LogP contribution in [0.5, 0.6) is 0 Å². The molecule has 1 aromatic heterocycles. The van der Waals surface area contributed by atoms with E-state index in [2.05, 4.69) is 35.9 Å². The maximum absolute atomic E-state index is 5.57. The van der Waals surface area contributed by atoms with E-state index in [1.165, 1.54) is 64.7 Å². The standard InChI is InChI=1S/C19H32N4O/c1-14(2)12-23-9-7-19(8-10-23)11-16(22(3)13-19)17-20-18(24-21-17)15-5-4-6-15/h14-16H,4-13H2,1-3H3. The molecule has 1 spiro atoms. The lowest BCUT2D eigenvalue weighted by Gasteiger charge is -2.39. The van der Waals surface area contributed by atoms with Crippen molar-refractivity contribution < 1.29 is 4.52 Å².